The van der Waals surface area contributed by atoms with E-state index in [-0.39, 0.29) is 0 Å². The summed E-state index contributed by atoms with van der Waals surface area (Å²) < 4.78 is 0. The molecule has 1 rings (SSSR count). The third kappa shape index (κ3) is 3.08. The van der Waals surface area contributed by atoms with Crippen LogP contribution in [-0.2, 0) is 4.79 Å². The van der Waals surface area contributed by atoms with Crippen LogP contribution in [0.15, 0.2) is 21.7 Å². The van der Waals surface area contributed by atoms with Crippen molar-refractivity contribution < 1.29 is 4.79 Å². The van der Waals surface area contributed by atoms with Crippen LogP contribution in [0.4, 0.5) is 0 Å². The lowest BCUT2D eigenvalue weighted by Crippen LogP contribution is -1.94. The van der Waals surface area contributed by atoms with Crippen LogP contribution in [0.3, 0.4) is 0 Å². The Morgan fingerprint density at radius 1 is 1.82 bits per heavy atom. The zero-order valence-electron chi connectivity index (χ0n) is 6.32. The van der Waals surface area contributed by atoms with Gasteiger partial charge in [0, 0.05) is 21.9 Å². The van der Waals surface area contributed by atoms with E-state index >= 15 is 0 Å². The third-order valence-electron chi connectivity index (χ3n) is 1.26. The first kappa shape index (κ1) is 8.81. The van der Waals surface area contributed by atoms with Crippen LogP contribution in [0.1, 0.15) is 13.3 Å². The van der Waals surface area contributed by atoms with Crippen LogP contribution in [-0.4, -0.2) is 11.5 Å². The number of carbonyl (C=O) groups is 1. The van der Waals surface area contributed by atoms with Gasteiger partial charge >= 0.3 is 0 Å². The van der Waals surface area contributed by atoms with Crippen molar-refractivity contribution in [1.82, 2.24) is 0 Å². The van der Waals surface area contributed by atoms with Gasteiger partial charge in [-0.15, -0.1) is 11.8 Å². The van der Waals surface area contributed by atoms with Gasteiger partial charge in [-0.1, -0.05) is 6.92 Å². The second kappa shape index (κ2) is 4.57. The Bertz CT molecular complexity index is 206. The fourth-order valence-corrected chi connectivity index (χ4v) is 2.51. The first-order valence-electron chi connectivity index (χ1n) is 3.45. The second-order valence-corrected chi connectivity index (χ2v) is 4.58. The molecule has 1 nitrogen and oxygen atoms in total. The van der Waals surface area contributed by atoms with Gasteiger partial charge in [0.15, 0.2) is 0 Å². The molecule has 1 unspecified atom stereocenters. The van der Waals surface area contributed by atoms with Gasteiger partial charge in [-0.05, 0) is 11.4 Å². The maximum Gasteiger partial charge on any atom is 0.121 e. The van der Waals surface area contributed by atoms with Crippen molar-refractivity contribution in [1.29, 1.82) is 0 Å². The van der Waals surface area contributed by atoms with Crippen LogP contribution in [0, 0.1) is 0 Å². The molecule has 0 spiro atoms. The monoisotopic (exact) mass is 186 g/mol. The summed E-state index contributed by atoms with van der Waals surface area (Å²) >= 11 is 3.44. The lowest BCUT2D eigenvalue weighted by molar-refractivity contribution is -0.107. The van der Waals surface area contributed by atoms with Crippen molar-refractivity contribution in [3.05, 3.63) is 16.8 Å². The van der Waals surface area contributed by atoms with E-state index in [1.165, 1.54) is 4.90 Å². The van der Waals surface area contributed by atoms with Gasteiger partial charge in [0.1, 0.15) is 6.29 Å². The summed E-state index contributed by atoms with van der Waals surface area (Å²) in [7, 11) is 0. The molecule has 0 aliphatic heterocycles. The molecule has 0 saturated carbocycles. The topological polar surface area (TPSA) is 17.1 Å². The van der Waals surface area contributed by atoms with E-state index < -0.39 is 0 Å². The highest BCUT2D eigenvalue weighted by atomic mass is 32.2. The fraction of sp³-hybridized carbons (Fsp3) is 0.375. The largest absolute Gasteiger partial charge is 0.303 e. The number of hydrogen-bond donors (Lipinski definition) is 0. The molecule has 0 fully saturated rings. The molecule has 1 atom stereocenters. The number of thioether (sulfide) groups is 1. The molecule has 0 amide bonds. The Labute approximate surface area is 74.8 Å². The lowest BCUT2D eigenvalue weighted by Gasteiger charge is -2.03. The van der Waals surface area contributed by atoms with Gasteiger partial charge in [0.2, 0.25) is 0 Å². The Morgan fingerprint density at radius 2 is 2.64 bits per heavy atom. The molecule has 0 radical (unpaired) electrons. The van der Waals surface area contributed by atoms with Crippen LogP contribution >= 0.6 is 23.1 Å². The molecule has 0 N–H and O–H groups in total. The highest BCUT2D eigenvalue weighted by Gasteiger charge is 2.02. The highest BCUT2D eigenvalue weighted by molar-refractivity contribution is 8.00. The first-order chi connectivity index (χ1) is 5.33. The Kier molecular flexibility index (Phi) is 3.66. The van der Waals surface area contributed by atoms with Gasteiger partial charge in [0.05, 0.1) is 0 Å². The molecule has 0 saturated heterocycles. The van der Waals surface area contributed by atoms with Gasteiger partial charge < -0.3 is 4.79 Å². The Hall–Kier alpha value is -0.280. The maximum atomic E-state index is 10.1. The molecule has 0 aromatic carbocycles. The van der Waals surface area contributed by atoms with E-state index in [2.05, 4.69) is 23.8 Å². The molecular formula is C8H10OS2. The Balaban J connectivity index is 2.37. The average molecular weight is 186 g/mol. The van der Waals surface area contributed by atoms with Crippen LogP contribution in [0.5, 0.6) is 0 Å². The molecule has 11 heavy (non-hydrogen) atoms. The van der Waals surface area contributed by atoms with Crippen LogP contribution in [0.25, 0.3) is 0 Å². The van der Waals surface area contributed by atoms with Crippen molar-refractivity contribution in [2.75, 3.05) is 0 Å². The van der Waals surface area contributed by atoms with Gasteiger partial charge in [-0.3, -0.25) is 0 Å². The van der Waals surface area contributed by atoms with E-state index in [0.29, 0.717) is 11.7 Å². The number of hydrogen-bond acceptors (Lipinski definition) is 3. The summed E-state index contributed by atoms with van der Waals surface area (Å²) in [5, 5.41) is 4.56. The van der Waals surface area contributed by atoms with Crippen molar-refractivity contribution >= 4 is 29.4 Å². The van der Waals surface area contributed by atoms with Crippen molar-refractivity contribution in [2.24, 2.45) is 0 Å². The summed E-state index contributed by atoms with van der Waals surface area (Å²) in [6.07, 6.45) is 1.62. The third-order valence-corrected chi connectivity index (χ3v) is 3.21. The lowest BCUT2D eigenvalue weighted by atomic mass is 10.4. The molecule has 0 aliphatic rings. The highest BCUT2D eigenvalue weighted by Crippen LogP contribution is 2.26. The number of thiophene rings is 1. The van der Waals surface area contributed by atoms with Crippen molar-refractivity contribution in [3.8, 4) is 0 Å². The fourth-order valence-electron chi connectivity index (χ4n) is 0.735. The molecule has 3 heteroatoms. The van der Waals surface area contributed by atoms with E-state index in [4.69, 9.17) is 0 Å². The van der Waals surface area contributed by atoms with Crippen molar-refractivity contribution in [2.45, 2.75) is 23.5 Å². The second-order valence-electron chi connectivity index (χ2n) is 2.29. The van der Waals surface area contributed by atoms with Gasteiger partial charge in [0.25, 0.3) is 0 Å². The summed E-state index contributed by atoms with van der Waals surface area (Å²) in [6.45, 7) is 2.07. The minimum Gasteiger partial charge on any atom is -0.303 e. The normalized spacial score (nSPS) is 12.8. The molecular weight excluding hydrogens is 176 g/mol. The minimum absolute atomic E-state index is 0.405. The van der Waals surface area contributed by atoms with E-state index in [9.17, 15) is 4.79 Å². The predicted molar refractivity (Wildman–Crippen MR) is 50.3 cm³/mol. The zero-order valence-corrected chi connectivity index (χ0v) is 7.95. The standard InChI is InChI=1S/C8H10OS2/c1-7(2-4-9)11-8-3-5-10-6-8/h3-7H,2H2,1H3. The van der Waals surface area contributed by atoms with Gasteiger partial charge in [-0.25, -0.2) is 0 Å². The summed E-state index contributed by atoms with van der Waals surface area (Å²) in [5.74, 6) is 0. The SMILES string of the molecule is CC(CC=O)Sc1ccsc1. The Morgan fingerprint density at radius 3 is 3.18 bits per heavy atom. The molecule has 1 aromatic heterocycles. The van der Waals surface area contributed by atoms with Crippen LogP contribution < -0.4 is 0 Å². The predicted octanol–water partition coefficient (Wildman–Crippen LogP) is 2.82. The molecule has 1 heterocycles. The van der Waals surface area contributed by atoms with E-state index in [1.807, 2.05) is 0 Å². The van der Waals surface area contributed by atoms with E-state index in [1.54, 1.807) is 23.1 Å². The number of carbonyl (C=O) groups excluding carboxylic acids is 1. The maximum absolute atomic E-state index is 10.1. The van der Waals surface area contributed by atoms with E-state index in [0.717, 1.165) is 6.29 Å². The molecule has 0 aliphatic carbocycles. The smallest absolute Gasteiger partial charge is 0.121 e. The summed E-state index contributed by atoms with van der Waals surface area (Å²) in [6, 6.07) is 2.08. The van der Waals surface area contributed by atoms with Crippen LogP contribution in [0.2, 0.25) is 0 Å². The minimum atomic E-state index is 0.405. The number of aldehydes is 1. The first-order valence-corrected chi connectivity index (χ1v) is 5.27. The molecule has 1 aromatic rings. The van der Waals surface area contributed by atoms with Crippen molar-refractivity contribution in [3.63, 3.8) is 0 Å². The summed E-state index contributed by atoms with van der Waals surface area (Å²) in [4.78, 5) is 11.4. The van der Waals surface area contributed by atoms with Gasteiger partial charge in [-0.2, -0.15) is 11.3 Å². The molecule has 60 valence electrons. The quantitative estimate of drug-likeness (QED) is 0.531. The average Bonchev–Trinajstić information content (AvgIpc) is 2.40. The molecule has 0 bridgehead atoms. The number of rotatable bonds is 4. The summed E-state index contributed by atoms with van der Waals surface area (Å²) in [5.41, 5.74) is 0. The zero-order chi connectivity index (χ0) is 8.10.